The highest BCUT2D eigenvalue weighted by atomic mass is 35.5. The van der Waals surface area contributed by atoms with Gasteiger partial charge >= 0.3 is 0 Å². The van der Waals surface area contributed by atoms with Crippen molar-refractivity contribution in [3.63, 3.8) is 0 Å². The van der Waals surface area contributed by atoms with Crippen molar-refractivity contribution in [3.8, 4) is 0 Å². The van der Waals surface area contributed by atoms with Crippen LogP contribution in [0.15, 0.2) is 54.6 Å². The van der Waals surface area contributed by atoms with Crippen LogP contribution in [0.5, 0.6) is 0 Å². The zero-order chi connectivity index (χ0) is 25.9. The van der Waals surface area contributed by atoms with Gasteiger partial charge < -0.3 is 15.5 Å². The Hall–Kier alpha value is -2.41. The van der Waals surface area contributed by atoms with E-state index in [0.29, 0.717) is 30.6 Å². The number of halogens is 1. The van der Waals surface area contributed by atoms with Gasteiger partial charge in [-0.25, -0.2) is 0 Å². The van der Waals surface area contributed by atoms with Crippen molar-refractivity contribution in [1.82, 2.24) is 15.5 Å². The number of carbonyl (C=O) groups is 2. The molecule has 2 aromatic rings. The molecule has 2 aliphatic heterocycles. The molecule has 3 atom stereocenters. The van der Waals surface area contributed by atoms with Crippen LogP contribution in [0.4, 0.5) is 5.69 Å². The first kappa shape index (κ1) is 26.6. The molecule has 2 aromatic carbocycles. The molecule has 0 radical (unpaired) electrons. The normalized spacial score (nSPS) is 23.5. The molecule has 2 fully saturated rings. The van der Waals surface area contributed by atoms with Gasteiger partial charge in [-0.15, -0.1) is 0 Å². The van der Waals surface area contributed by atoms with Gasteiger partial charge in [-0.2, -0.15) is 0 Å². The highest BCUT2D eigenvalue weighted by Crippen LogP contribution is 2.34. The van der Waals surface area contributed by atoms with Crippen LogP contribution in [-0.4, -0.2) is 54.5 Å². The van der Waals surface area contributed by atoms with Crippen molar-refractivity contribution < 1.29 is 9.59 Å². The fourth-order valence-electron chi connectivity index (χ4n) is 5.61. The molecule has 2 heterocycles. The monoisotopic (exact) mass is 510 g/mol. The van der Waals surface area contributed by atoms with E-state index in [1.807, 2.05) is 42.5 Å². The van der Waals surface area contributed by atoms with E-state index >= 15 is 0 Å². The minimum atomic E-state index is -0.262. The number of anilines is 1. The summed E-state index contributed by atoms with van der Waals surface area (Å²) >= 11 is 6.41. The van der Waals surface area contributed by atoms with Gasteiger partial charge in [-0.05, 0) is 50.3 Å². The van der Waals surface area contributed by atoms with Crippen LogP contribution in [0.2, 0.25) is 5.02 Å². The number of carbonyl (C=O) groups excluding carboxylic acids is 2. The van der Waals surface area contributed by atoms with E-state index in [0.717, 1.165) is 30.6 Å². The summed E-state index contributed by atoms with van der Waals surface area (Å²) in [6, 6.07) is 17.8. The van der Waals surface area contributed by atoms with E-state index in [-0.39, 0.29) is 35.4 Å². The number of amides is 2. The maximum absolute atomic E-state index is 13.4. The average molecular weight is 511 g/mol. The quantitative estimate of drug-likeness (QED) is 0.569. The molecule has 2 aliphatic rings. The Morgan fingerprint density at radius 3 is 2.50 bits per heavy atom. The van der Waals surface area contributed by atoms with Crippen LogP contribution in [0, 0.1) is 11.8 Å². The molecule has 2 N–H and O–H groups in total. The molecule has 2 saturated heterocycles. The molecule has 0 saturated carbocycles. The number of benzene rings is 2. The predicted molar refractivity (Wildman–Crippen MR) is 146 cm³/mol. The largest absolute Gasteiger partial charge is 0.349 e. The van der Waals surface area contributed by atoms with Gasteiger partial charge in [0, 0.05) is 31.2 Å². The van der Waals surface area contributed by atoms with E-state index in [2.05, 4.69) is 55.4 Å². The van der Waals surface area contributed by atoms with Crippen molar-refractivity contribution in [1.29, 1.82) is 0 Å². The minimum absolute atomic E-state index is 0.00346. The van der Waals surface area contributed by atoms with Gasteiger partial charge in [0.2, 0.25) is 11.8 Å². The Morgan fingerprint density at radius 2 is 1.81 bits per heavy atom. The fraction of sp³-hybridized carbons (Fsp3) is 0.517. The van der Waals surface area contributed by atoms with Crippen LogP contribution in [0.3, 0.4) is 0 Å². The lowest BCUT2D eigenvalue weighted by Gasteiger charge is -2.51. The molecule has 0 spiro atoms. The summed E-state index contributed by atoms with van der Waals surface area (Å²) in [7, 11) is 0. The molecule has 0 unspecified atom stereocenters. The Morgan fingerprint density at radius 1 is 1.11 bits per heavy atom. The first-order valence-electron chi connectivity index (χ1n) is 13.0. The third-order valence-electron chi connectivity index (χ3n) is 7.44. The first-order valence-corrected chi connectivity index (χ1v) is 13.4. The summed E-state index contributed by atoms with van der Waals surface area (Å²) in [6.45, 7) is 11.0. The molecule has 0 aliphatic carbocycles. The maximum Gasteiger partial charge on any atom is 0.241 e. The standard InChI is InChI=1S/C29H39ClN4O2/c1-20(2)14-25(21-10-6-5-7-11-21)32-28(36)22-15-23(17-31-16-22)34-18-27(35)33(19-29(34,3)4)26-13-9-8-12-24(26)30/h5-13,20,22-23,25,31H,14-19H2,1-4H3,(H,32,36)/t22-,23+,25+/m0/s1. The molecule has 7 heteroatoms. The third-order valence-corrected chi connectivity index (χ3v) is 7.76. The van der Waals surface area contributed by atoms with Crippen LogP contribution in [0.25, 0.3) is 0 Å². The van der Waals surface area contributed by atoms with Gasteiger partial charge in [0.15, 0.2) is 0 Å². The molecular formula is C29H39ClN4O2. The predicted octanol–water partition coefficient (Wildman–Crippen LogP) is 4.65. The maximum atomic E-state index is 13.4. The van der Waals surface area contributed by atoms with Crippen LogP contribution < -0.4 is 15.5 Å². The lowest BCUT2D eigenvalue weighted by Crippen LogP contribution is -2.67. The summed E-state index contributed by atoms with van der Waals surface area (Å²) in [4.78, 5) is 30.7. The number of para-hydroxylation sites is 1. The van der Waals surface area contributed by atoms with E-state index in [9.17, 15) is 9.59 Å². The summed E-state index contributed by atoms with van der Waals surface area (Å²) in [5, 5.41) is 7.39. The topological polar surface area (TPSA) is 64.7 Å². The number of piperidine rings is 1. The highest BCUT2D eigenvalue weighted by Gasteiger charge is 2.44. The van der Waals surface area contributed by atoms with Gasteiger partial charge in [-0.1, -0.05) is 67.9 Å². The molecule has 6 nitrogen and oxygen atoms in total. The third kappa shape index (κ3) is 6.10. The van der Waals surface area contributed by atoms with Crippen LogP contribution >= 0.6 is 11.6 Å². The molecule has 4 rings (SSSR count). The summed E-state index contributed by atoms with van der Waals surface area (Å²) in [5.74, 6) is 0.444. The summed E-state index contributed by atoms with van der Waals surface area (Å²) in [6.07, 6.45) is 1.62. The van der Waals surface area contributed by atoms with Crippen molar-refractivity contribution in [2.24, 2.45) is 11.8 Å². The zero-order valence-electron chi connectivity index (χ0n) is 21.8. The SMILES string of the molecule is CC(C)C[C@@H](NC(=O)[C@@H]1CNC[C@H](N2CC(=O)N(c3ccccc3Cl)CC2(C)C)C1)c1ccccc1. The van der Waals surface area contributed by atoms with Gasteiger partial charge in [0.05, 0.1) is 29.2 Å². The van der Waals surface area contributed by atoms with Crippen molar-refractivity contribution in [3.05, 3.63) is 65.2 Å². The highest BCUT2D eigenvalue weighted by molar-refractivity contribution is 6.33. The molecule has 194 valence electrons. The fourth-order valence-corrected chi connectivity index (χ4v) is 5.84. The Labute approximate surface area is 220 Å². The summed E-state index contributed by atoms with van der Waals surface area (Å²) < 4.78 is 0. The number of hydrogen-bond donors (Lipinski definition) is 2. The van der Waals surface area contributed by atoms with E-state index in [1.54, 1.807) is 4.90 Å². The van der Waals surface area contributed by atoms with E-state index in [4.69, 9.17) is 11.6 Å². The van der Waals surface area contributed by atoms with E-state index in [1.165, 1.54) is 0 Å². The Balaban J connectivity index is 1.45. The second kappa shape index (κ2) is 11.3. The number of nitrogens with zero attached hydrogens (tertiary/aromatic N) is 2. The molecular weight excluding hydrogens is 472 g/mol. The lowest BCUT2D eigenvalue weighted by molar-refractivity contribution is -0.129. The second-order valence-corrected chi connectivity index (χ2v) is 11.6. The van der Waals surface area contributed by atoms with Gasteiger partial charge in [-0.3, -0.25) is 14.5 Å². The number of hydrogen-bond acceptors (Lipinski definition) is 4. The molecule has 0 bridgehead atoms. The zero-order valence-corrected chi connectivity index (χ0v) is 22.6. The van der Waals surface area contributed by atoms with Crippen molar-refractivity contribution in [2.75, 3.05) is 31.1 Å². The van der Waals surface area contributed by atoms with Crippen LogP contribution in [0.1, 0.15) is 52.1 Å². The van der Waals surface area contributed by atoms with Crippen LogP contribution in [-0.2, 0) is 9.59 Å². The smallest absolute Gasteiger partial charge is 0.241 e. The Kier molecular flexibility index (Phi) is 8.38. The Bertz CT molecular complexity index is 1060. The first-order chi connectivity index (χ1) is 17.2. The van der Waals surface area contributed by atoms with Gasteiger partial charge in [0.1, 0.15) is 0 Å². The van der Waals surface area contributed by atoms with E-state index < -0.39 is 0 Å². The minimum Gasteiger partial charge on any atom is -0.349 e. The molecule has 2 amide bonds. The molecule has 0 aromatic heterocycles. The molecule has 36 heavy (non-hydrogen) atoms. The lowest BCUT2D eigenvalue weighted by atomic mass is 9.88. The van der Waals surface area contributed by atoms with Crippen molar-refractivity contribution >= 4 is 29.1 Å². The summed E-state index contributed by atoms with van der Waals surface area (Å²) in [5.41, 5.74) is 1.64. The second-order valence-electron chi connectivity index (χ2n) is 11.2. The average Bonchev–Trinajstić information content (AvgIpc) is 2.85. The number of rotatable bonds is 7. The number of nitrogens with one attached hydrogen (secondary N) is 2. The van der Waals surface area contributed by atoms with Crippen molar-refractivity contribution in [2.45, 2.75) is 58.2 Å². The van der Waals surface area contributed by atoms with Gasteiger partial charge in [0.25, 0.3) is 0 Å². The number of piperazine rings is 1.